The summed E-state index contributed by atoms with van der Waals surface area (Å²) in [5, 5.41) is 3.47. The lowest BCUT2D eigenvalue weighted by atomic mass is 10.3. The Kier molecular flexibility index (Phi) is 1.78. The van der Waals surface area contributed by atoms with Gasteiger partial charge in [-0.25, -0.2) is 0 Å². The summed E-state index contributed by atoms with van der Waals surface area (Å²) in [6.07, 6.45) is 3.22. The highest BCUT2D eigenvalue weighted by molar-refractivity contribution is 5.77. The summed E-state index contributed by atoms with van der Waals surface area (Å²) in [7, 11) is 0. The van der Waals surface area contributed by atoms with Crippen LogP contribution in [0.25, 0.3) is 21.5 Å². The molecule has 0 aliphatic carbocycles. The molecule has 5 heteroatoms. The molecule has 0 atom stereocenters. The summed E-state index contributed by atoms with van der Waals surface area (Å²) in [5.41, 5.74) is 10.3. The molecule has 0 bridgehead atoms. The summed E-state index contributed by atoms with van der Waals surface area (Å²) < 4.78 is 0. The first-order valence-electron chi connectivity index (χ1n) is 3.66. The standard InChI is InChI=1S/C8H5N5/c9-13-12-6-1-2-7-8(5-6)11-4-3-10-7/h1-5H. The molecule has 13 heavy (non-hydrogen) atoms. The highest BCUT2D eigenvalue weighted by Gasteiger charge is 1.94. The third kappa shape index (κ3) is 1.40. The van der Waals surface area contributed by atoms with Crippen LogP contribution in [0, 0.1) is 0 Å². The maximum Gasteiger partial charge on any atom is 0.0891 e. The second-order valence-electron chi connectivity index (χ2n) is 2.42. The van der Waals surface area contributed by atoms with Crippen molar-refractivity contribution in [1.29, 1.82) is 0 Å². The van der Waals surface area contributed by atoms with Gasteiger partial charge in [0.05, 0.1) is 11.0 Å². The molecule has 0 aliphatic rings. The lowest BCUT2D eigenvalue weighted by molar-refractivity contribution is 1.29. The fourth-order valence-electron chi connectivity index (χ4n) is 1.07. The van der Waals surface area contributed by atoms with E-state index in [2.05, 4.69) is 20.0 Å². The van der Waals surface area contributed by atoms with Gasteiger partial charge in [0, 0.05) is 23.0 Å². The molecule has 2 aromatic rings. The smallest absolute Gasteiger partial charge is 0.0891 e. The molecule has 0 saturated carbocycles. The second kappa shape index (κ2) is 3.08. The summed E-state index contributed by atoms with van der Waals surface area (Å²) >= 11 is 0. The lowest BCUT2D eigenvalue weighted by Crippen LogP contribution is -1.79. The average Bonchev–Trinajstić information content (AvgIpc) is 2.18. The maximum atomic E-state index is 8.21. The van der Waals surface area contributed by atoms with E-state index in [0.29, 0.717) is 5.69 Å². The average molecular weight is 171 g/mol. The predicted octanol–water partition coefficient (Wildman–Crippen LogP) is 2.57. The van der Waals surface area contributed by atoms with E-state index < -0.39 is 0 Å². The predicted molar refractivity (Wildman–Crippen MR) is 48.3 cm³/mol. The van der Waals surface area contributed by atoms with Gasteiger partial charge in [0.2, 0.25) is 0 Å². The van der Waals surface area contributed by atoms with Crippen molar-refractivity contribution in [3.05, 3.63) is 41.0 Å². The van der Waals surface area contributed by atoms with Crippen LogP contribution in [-0.2, 0) is 0 Å². The minimum Gasteiger partial charge on any atom is -0.253 e. The van der Waals surface area contributed by atoms with Crippen LogP contribution >= 0.6 is 0 Å². The number of nitrogens with zero attached hydrogens (tertiary/aromatic N) is 5. The normalized spacial score (nSPS) is 9.54. The molecule has 0 spiro atoms. The zero-order valence-electron chi connectivity index (χ0n) is 6.62. The first-order valence-corrected chi connectivity index (χ1v) is 3.66. The van der Waals surface area contributed by atoms with E-state index in [0.717, 1.165) is 11.0 Å². The fraction of sp³-hybridized carbons (Fsp3) is 0. The van der Waals surface area contributed by atoms with Crippen LogP contribution in [0.15, 0.2) is 35.7 Å². The summed E-state index contributed by atoms with van der Waals surface area (Å²) in [6, 6.07) is 5.17. The largest absolute Gasteiger partial charge is 0.253 e. The number of hydrogen-bond donors (Lipinski definition) is 0. The van der Waals surface area contributed by atoms with Crippen molar-refractivity contribution in [2.45, 2.75) is 0 Å². The van der Waals surface area contributed by atoms with Crippen LogP contribution < -0.4 is 0 Å². The molecule has 1 aromatic carbocycles. The zero-order valence-corrected chi connectivity index (χ0v) is 6.62. The van der Waals surface area contributed by atoms with E-state index in [9.17, 15) is 0 Å². The number of azide groups is 1. The molecular formula is C8H5N5. The van der Waals surface area contributed by atoms with Crippen molar-refractivity contribution in [3.63, 3.8) is 0 Å². The Balaban J connectivity index is 2.68. The maximum absolute atomic E-state index is 8.21. The third-order valence-electron chi connectivity index (χ3n) is 1.61. The topological polar surface area (TPSA) is 74.5 Å². The number of rotatable bonds is 1. The van der Waals surface area contributed by atoms with Crippen LogP contribution in [0.5, 0.6) is 0 Å². The van der Waals surface area contributed by atoms with E-state index >= 15 is 0 Å². The van der Waals surface area contributed by atoms with Gasteiger partial charge in [-0.2, -0.15) is 0 Å². The Labute approximate surface area is 73.7 Å². The Hall–Kier alpha value is -2.13. The summed E-state index contributed by atoms with van der Waals surface area (Å²) in [5.74, 6) is 0. The quantitative estimate of drug-likeness (QED) is 0.375. The van der Waals surface area contributed by atoms with Gasteiger partial charge in [-0.1, -0.05) is 11.2 Å². The molecule has 0 saturated heterocycles. The second-order valence-corrected chi connectivity index (χ2v) is 2.42. The Morgan fingerprint density at radius 2 is 1.92 bits per heavy atom. The van der Waals surface area contributed by atoms with Crippen molar-refractivity contribution in [2.75, 3.05) is 0 Å². The first-order chi connectivity index (χ1) is 6.40. The van der Waals surface area contributed by atoms with E-state index in [1.54, 1.807) is 30.6 Å². The van der Waals surface area contributed by atoms with Gasteiger partial charge in [-0.3, -0.25) is 9.97 Å². The number of hydrogen-bond acceptors (Lipinski definition) is 3. The minimum absolute atomic E-state index is 0.551. The molecule has 2 rings (SSSR count). The van der Waals surface area contributed by atoms with Gasteiger partial charge in [-0.15, -0.1) is 0 Å². The van der Waals surface area contributed by atoms with Gasteiger partial charge < -0.3 is 0 Å². The van der Waals surface area contributed by atoms with E-state index in [-0.39, 0.29) is 0 Å². The van der Waals surface area contributed by atoms with Gasteiger partial charge >= 0.3 is 0 Å². The van der Waals surface area contributed by atoms with E-state index in [1.165, 1.54) is 0 Å². The number of benzene rings is 1. The molecule has 1 aromatic heterocycles. The Morgan fingerprint density at radius 3 is 2.69 bits per heavy atom. The highest BCUT2D eigenvalue weighted by atomic mass is 15.1. The van der Waals surface area contributed by atoms with Crippen LogP contribution in [0.1, 0.15) is 0 Å². The molecule has 5 nitrogen and oxygen atoms in total. The van der Waals surface area contributed by atoms with Crippen molar-refractivity contribution in [3.8, 4) is 0 Å². The highest BCUT2D eigenvalue weighted by Crippen LogP contribution is 2.17. The molecule has 1 heterocycles. The van der Waals surface area contributed by atoms with Crippen LogP contribution in [-0.4, -0.2) is 9.97 Å². The third-order valence-corrected chi connectivity index (χ3v) is 1.61. The number of fused-ring (bicyclic) bond motifs is 1. The van der Waals surface area contributed by atoms with Crippen molar-refractivity contribution in [2.24, 2.45) is 5.11 Å². The van der Waals surface area contributed by atoms with E-state index in [4.69, 9.17) is 5.53 Å². The van der Waals surface area contributed by atoms with Crippen LogP contribution in [0.4, 0.5) is 5.69 Å². The summed E-state index contributed by atoms with van der Waals surface area (Å²) in [4.78, 5) is 10.9. The number of aromatic nitrogens is 2. The molecule has 0 radical (unpaired) electrons. The van der Waals surface area contributed by atoms with Gasteiger partial charge in [0.1, 0.15) is 0 Å². The summed E-state index contributed by atoms with van der Waals surface area (Å²) in [6.45, 7) is 0. The molecular weight excluding hydrogens is 166 g/mol. The Morgan fingerprint density at radius 1 is 1.15 bits per heavy atom. The first kappa shape index (κ1) is 7.52. The van der Waals surface area contributed by atoms with Gasteiger partial charge in [-0.05, 0) is 17.7 Å². The van der Waals surface area contributed by atoms with Crippen molar-refractivity contribution < 1.29 is 0 Å². The zero-order chi connectivity index (χ0) is 9.10. The van der Waals surface area contributed by atoms with Crippen molar-refractivity contribution in [1.82, 2.24) is 9.97 Å². The van der Waals surface area contributed by atoms with Gasteiger partial charge in [0.25, 0.3) is 0 Å². The van der Waals surface area contributed by atoms with Crippen molar-refractivity contribution >= 4 is 16.7 Å². The molecule has 0 amide bonds. The van der Waals surface area contributed by atoms with Crippen LogP contribution in [0.2, 0.25) is 0 Å². The lowest BCUT2D eigenvalue weighted by Gasteiger charge is -1.95. The van der Waals surface area contributed by atoms with Crippen LogP contribution in [0.3, 0.4) is 0 Å². The molecule has 0 N–H and O–H groups in total. The monoisotopic (exact) mass is 171 g/mol. The molecule has 62 valence electrons. The molecule has 0 unspecified atom stereocenters. The SMILES string of the molecule is [N-]=[N+]=Nc1ccc2nccnc2c1. The van der Waals surface area contributed by atoms with E-state index in [1.807, 2.05) is 0 Å². The fourth-order valence-corrected chi connectivity index (χ4v) is 1.07. The van der Waals surface area contributed by atoms with Gasteiger partial charge in [0.15, 0.2) is 0 Å². The Bertz CT molecular complexity index is 487. The molecule has 0 fully saturated rings. The minimum atomic E-state index is 0.551. The molecule has 0 aliphatic heterocycles.